The number of nitrogen functional groups attached to an aromatic ring is 1. The van der Waals surface area contributed by atoms with Crippen LogP contribution in [0.1, 0.15) is 39.0 Å². The average Bonchev–Trinajstić information content (AvgIpc) is 3.42. The van der Waals surface area contributed by atoms with Crippen LogP contribution in [0.4, 0.5) is 5.95 Å². The summed E-state index contributed by atoms with van der Waals surface area (Å²) in [7, 11) is -4.03. The normalized spacial score (nSPS) is 24.2. The highest BCUT2D eigenvalue weighted by atomic mass is 32.2. The standard InChI is InChI=1S/C25H35N6O9PS/c1-24(2,35)11-17(32)42-10-9-38-41(37,28-12-15-7-5-4-6-8-15)39-13-16-19(33)25(3,36)22(40-16)31-14-27-18-20(31)29-23(26)30-21(18)34/h4-8,14,16,19,22,33,35-36H,9-13H2,1-3H3,(H,28,37)(H3,26,29,30,34)/t16-,19-,22-,25-,41?/m1/s1. The van der Waals surface area contributed by atoms with Gasteiger partial charge in [0, 0.05) is 18.7 Å². The summed E-state index contributed by atoms with van der Waals surface area (Å²) in [6.07, 6.45) is -2.78. The smallest absolute Gasteiger partial charge is 0.390 e. The van der Waals surface area contributed by atoms with Crippen molar-refractivity contribution in [2.24, 2.45) is 0 Å². The van der Waals surface area contributed by atoms with Gasteiger partial charge in [-0.25, -0.2) is 14.6 Å². The van der Waals surface area contributed by atoms with Crippen molar-refractivity contribution in [2.45, 2.75) is 63.4 Å². The van der Waals surface area contributed by atoms with E-state index in [1.807, 2.05) is 30.3 Å². The van der Waals surface area contributed by atoms with Crippen LogP contribution in [0.2, 0.25) is 0 Å². The monoisotopic (exact) mass is 626 g/mol. The molecule has 5 atom stereocenters. The number of anilines is 1. The zero-order valence-electron chi connectivity index (χ0n) is 23.3. The molecule has 42 heavy (non-hydrogen) atoms. The molecule has 3 heterocycles. The molecule has 1 aliphatic heterocycles. The number of aromatic nitrogens is 4. The lowest BCUT2D eigenvalue weighted by atomic mass is 9.96. The predicted octanol–water partition coefficient (Wildman–Crippen LogP) is 1.06. The van der Waals surface area contributed by atoms with Crippen molar-refractivity contribution in [3.8, 4) is 0 Å². The number of nitrogens with one attached hydrogen (secondary N) is 2. The summed E-state index contributed by atoms with van der Waals surface area (Å²) in [5.41, 5.74) is 2.82. The SMILES string of the molecule is CC(C)(O)CC(=O)SCCOP(=O)(NCc1ccccc1)OC[C@H]1O[C@@H](n2cnc3c(=O)[nH]c(N)nc32)[C@](C)(O)[C@@H]1O. The van der Waals surface area contributed by atoms with Crippen molar-refractivity contribution >= 4 is 41.7 Å². The molecule has 1 saturated heterocycles. The molecule has 2 aromatic heterocycles. The van der Waals surface area contributed by atoms with Crippen molar-refractivity contribution in [3.63, 3.8) is 0 Å². The third kappa shape index (κ3) is 7.83. The molecule has 0 aliphatic carbocycles. The van der Waals surface area contributed by atoms with E-state index in [0.717, 1.165) is 17.3 Å². The maximum Gasteiger partial charge on any atom is 0.405 e. The Bertz CT molecular complexity index is 1490. The van der Waals surface area contributed by atoms with Gasteiger partial charge in [0.25, 0.3) is 5.56 Å². The summed E-state index contributed by atoms with van der Waals surface area (Å²) in [6.45, 7) is 3.93. The van der Waals surface area contributed by atoms with Crippen LogP contribution in [-0.4, -0.2) is 82.3 Å². The second-order valence-electron chi connectivity index (χ2n) is 10.6. The first-order valence-electron chi connectivity index (χ1n) is 13.0. The van der Waals surface area contributed by atoms with Gasteiger partial charge >= 0.3 is 7.75 Å². The summed E-state index contributed by atoms with van der Waals surface area (Å²) in [6, 6.07) is 9.10. The Hall–Kier alpha value is -2.66. The first kappa shape index (κ1) is 32.3. The van der Waals surface area contributed by atoms with E-state index in [1.165, 1.54) is 31.7 Å². The Morgan fingerprint density at radius 2 is 2.05 bits per heavy atom. The first-order chi connectivity index (χ1) is 19.7. The molecule has 1 aromatic carbocycles. The molecule has 0 bridgehead atoms. The van der Waals surface area contributed by atoms with E-state index in [1.54, 1.807) is 0 Å². The lowest BCUT2D eigenvalue weighted by molar-refractivity contribution is -0.114. The molecule has 1 unspecified atom stereocenters. The van der Waals surface area contributed by atoms with E-state index in [4.69, 9.17) is 19.5 Å². The van der Waals surface area contributed by atoms with E-state index in [-0.39, 0.29) is 47.6 Å². The van der Waals surface area contributed by atoms with Crippen LogP contribution >= 0.6 is 19.5 Å². The summed E-state index contributed by atoms with van der Waals surface area (Å²) < 4.78 is 32.1. The number of H-pyrrole nitrogens is 1. The molecule has 0 spiro atoms. The number of imidazole rings is 1. The number of ether oxygens (including phenoxy) is 1. The molecule has 17 heteroatoms. The minimum Gasteiger partial charge on any atom is -0.390 e. The summed E-state index contributed by atoms with van der Waals surface area (Å²) in [5.74, 6) is -0.0211. The molecular formula is C25H35N6O9PS. The first-order valence-corrected chi connectivity index (χ1v) is 15.6. The highest BCUT2D eigenvalue weighted by Gasteiger charge is 2.54. The maximum atomic E-state index is 13.7. The van der Waals surface area contributed by atoms with Crippen LogP contribution in [0.25, 0.3) is 11.2 Å². The van der Waals surface area contributed by atoms with Gasteiger partial charge in [0.15, 0.2) is 22.5 Å². The van der Waals surface area contributed by atoms with Crippen molar-refractivity contribution < 1.29 is 38.5 Å². The molecule has 4 rings (SSSR count). The van der Waals surface area contributed by atoms with Gasteiger partial charge in [-0.2, -0.15) is 4.98 Å². The van der Waals surface area contributed by atoms with Gasteiger partial charge in [-0.15, -0.1) is 0 Å². The number of aromatic amines is 1. The predicted molar refractivity (Wildman–Crippen MR) is 154 cm³/mol. The fraction of sp³-hybridized carbons (Fsp3) is 0.520. The van der Waals surface area contributed by atoms with Crippen molar-refractivity contribution in [3.05, 3.63) is 52.6 Å². The summed E-state index contributed by atoms with van der Waals surface area (Å²) in [4.78, 5) is 34.7. The number of hydrogen-bond acceptors (Lipinski definition) is 13. The fourth-order valence-corrected chi connectivity index (χ4v) is 6.58. The number of carbonyl (C=O) groups excluding carboxylic acids is 1. The number of nitrogens with two attached hydrogens (primary N) is 1. The quantitative estimate of drug-likeness (QED) is 0.115. The van der Waals surface area contributed by atoms with Crippen LogP contribution in [0, 0.1) is 0 Å². The average molecular weight is 627 g/mol. The van der Waals surface area contributed by atoms with Crippen molar-refractivity contribution in [1.29, 1.82) is 0 Å². The number of hydrogen-bond donors (Lipinski definition) is 6. The molecule has 3 aromatic rings. The van der Waals surface area contributed by atoms with Gasteiger partial charge < -0.3 is 25.8 Å². The number of benzene rings is 1. The molecule has 15 nitrogen and oxygen atoms in total. The molecule has 1 fully saturated rings. The Labute approximate surface area is 245 Å². The number of carbonyl (C=O) groups is 1. The Kier molecular flexibility index (Phi) is 9.92. The molecule has 0 amide bonds. The number of aliphatic hydroxyl groups is 3. The van der Waals surface area contributed by atoms with Crippen molar-refractivity contribution in [2.75, 3.05) is 24.7 Å². The number of fused-ring (bicyclic) bond motifs is 1. The maximum absolute atomic E-state index is 13.7. The zero-order chi connectivity index (χ0) is 30.7. The third-order valence-corrected chi connectivity index (χ3v) is 8.76. The second-order valence-corrected chi connectivity index (χ2v) is 13.6. The van der Waals surface area contributed by atoms with Gasteiger partial charge in [-0.05, 0) is 26.3 Å². The van der Waals surface area contributed by atoms with Gasteiger partial charge in [0.2, 0.25) is 5.95 Å². The van der Waals surface area contributed by atoms with Gasteiger partial charge in [0.05, 0.1) is 25.1 Å². The number of aliphatic hydroxyl groups excluding tert-OH is 1. The van der Waals surface area contributed by atoms with Gasteiger partial charge in [-0.1, -0.05) is 42.1 Å². The van der Waals surface area contributed by atoms with Crippen LogP contribution in [-0.2, 0) is 29.7 Å². The van der Waals surface area contributed by atoms with E-state index >= 15 is 0 Å². The second kappa shape index (κ2) is 12.9. The molecule has 7 N–H and O–H groups in total. The van der Waals surface area contributed by atoms with E-state index in [0.29, 0.717) is 0 Å². The Balaban J connectivity index is 1.45. The Morgan fingerprint density at radius 3 is 2.74 bits per heavy atom. The highest BCUT2D eigenvalue weighted by Crippen LogP contribution is 2.46. The van der Waals surface area contributed by atoms with E-state index in [2.05, 4.69) is 20.0 Å². The Morgan fingerprint density at radius 1 is 1.33 bits per heavy atom. The molecule has 230 valence electrons. The topological polar surface area (TPSA) is 224 Å². The minimum atomic E-state index is -4.03. The summed E-state index contributed by atoms with van der Waals surface area (Å²) in [5, 5.41) is 34.4. The molecule has 1 aliphatic rings. The molecule has 0 radical (unpaired) electrons. The molecular weight excluding hydrogens is 591 g/mol. The zero-order valence-corrected chi connectivity index (χ0v) is 25.0. The van der Waals surface area contributed by atoms with Crippen LogP contribution < -0.4 is 16.4 Å². The number of nitrogens with zero attached hydrogens (tertiary/aromatic N) is 3. The largest absolute Gasteiger partial charge is 0.405 e. The van der Waals surface area contributed by atoms with E-state index in [9.17, 15) is 29.5 Å². The summed E-state index contributed by atoms with van der Waals surface area (Å²) >= 11 is 0.929. The minimum absolute atomic E-state index is 0.0328. The van der Waals surface area contributed by atoms with Crippen LogP contribution in [0.15, 0.2) is 41.5 Å². The van der Waals surface area contributed by atoms with Gasteiger partial charge in [-0.3, -0.25) is 28.2 Å². The lowest BCUT2D eigenvalue weighted by Crippen LogP contribution is -2.44. The fourth-order valence-electron chi connectivity index (χ4n) is 4.29. The highest BCUT2D eigenvalue weighted by molar-refractivity contribution is 8.13. The van der Waals surface area contributed by atoms with Gasteiger partial charge in [0.1, 0.15) is 17.8 Å². The molecule has 0 saturated carbocycles. The van der Waals surface area contributed by atoms with Crippen LogP contribution in [0.5, 0.6) is 0 Å². The lowest BCUT2D eigenvalue weighted by Gasteiger charge is -2.27. The third-order valence-electron chi connectivity index (χ3n) is 6.37. The van der Waals surface area contributed by atoms with E-state index < -0.39 is 49.6 Å². The number of thioether (sulfide) groups is 1. The van der Waals surface area contributed by atoms with Crippen LogP contribution in [0.3, 0.4) is 0 Å². The number of rotatable bonds is 13. The van der Waals surface area contributed by atoms with Crippen molar-refractivity contribution in [1.82, 2.24) is 24.6 Å².